The van der Waals surface area contributed by atoms with Crippen LogP contribution in [0.4, 0.5) is 10.1 Å². The summed E-state index contributed by atoms with van der Waals surface area (Å²) >= 11 is 0. The van der Waals surface area contributed by atoms with Gasteiger partial charge in [-0.1, -0.05) is 39.0 Å². The van der Waals surface area contributed by atoms with Gasteiger partial charge in [-0.15, -0.1) is 0 Å². The van der Waals surface area contributed by atoms with Crippen molar-refractivity contribution in [3.63, 3.8) is 0 Å². The minimum absolute atomic E-state index is 0.0444. The molecule has 0 spiro atoms. The normalized spacial score (nSPS) is 13.8. The van der Waals surface area contributed by atoms with Gasteiger partial charge in [-0.05, 0) is 40.8 Å². The fourth-order valence-corrected chi connectivity index (χ4v) is 2.85. The van der Waals surface area contributed by atoms with Crippen molar-refractivity contribution in [2.75, 3.05) is 18.1 Å². The van der Waals surface area contributed by atoms with Crippen molar-refractivity contribution >= 4 is 17.5 Å². The van der Waals surface area contributed by atoms with Crippen molar-refractivity contribution < 1.29 is 18.7 Å². The SMILES string of the molecule is CC(C)(C)c1ccc2c(c1)OCC(=O)N2CC(=O)NCc1ccc(F)cc1. The molecule has 1 aliphatic heterocycles. The van der Waals surface area contributed by atoms with E-state index < -0.39 is 0 Å². The number of halogens is 1. The Kier molecular flexibility index (Phi) is 5.17. The molecule has 2 amide bonds. The minimum atomic E-state index is -0.324. The smallest absolute Gasteiger partial charge is 0.265 e. The molecule has 6 heteroatoms. The van der Waals surface area contributed by atoms with Gasteiger partial charge in [0.05, 0.1) is 5.69 Å². The molecule has 1 heterocycles. The largest absolute Gasteiger partial charge is 0.482 e. The zero-order valence-corrected chi connectivity index (χ0v) is 15.7. The molecule has 1 aliphatic rings. The van der Waals surface area contributed by atoms with Gasteiger partial charge < -0.3 is 10.1 Å². The van der Waals surface area contributed by atoms with Crippen molar-refractivity contribution in [3.8, 4) is 5.75 Å². The molecule has 0 saturated carbocycles. The molecule has 142 valence electrons. The zero-order valence-electron chi connectivity index (χ0n) is 15.7. The van der Waals surface area contributed by atoms with Crippen LogP contribution in [0.1, 0.15) is 31.9 Å². The average Bonchev–Trinajstić information content (AvgIpc) is 2.62. The number of carbonyl (C=O) groups excluding carboxylic acids is 2. The summed E-state index contributed by atoms with van der Waals surface area (Å²) in [6, 6.07) is 11.6. The Morgan fingerprint density at radius 3 is 2.56 bits per heavy atom. The highest BCUT2D eigenvalue weighted by Gasteiger charge is 2.28. The lowest BCUT2D eigenvalue weighted by Gasteiger charge is -2.30. The fraction of sp³-hybridized carbons (Fsp3) is 0.333. The van der Waals surface area contributed by atoms with Crippen LogP contribution in [0, 0.1) is 5.82 Å². The molecular formula is C21H23FN2O3. The minimum Gasteiger partial charge on any atom is -0.482 e. The second-order valence-electron chi connectivity index (χ2n) is 7.60. The number of ether oxygens (including phenoxy) is 1. The monoisotopic (exact) mass is 370 g/mol. The summed E-state index contributed by atoms with van der Waals surface area (Å²) in [7, 11) is 0. The highest BCUT2D eigenvalue weighted by molar-refractivity contribution is 6.02. The molecular weight excluding hydrogens is 347 g/mol. The summed E-state index contributed by atoms with van der Waals surface area (Å²) in [4.78, 5) is 26.0. The maximum Gasteiger partial charge on any atom is 0.265 e. The van der Waals surface area contributed by atoms with Gasteiger partial charge in [-0.2, -0.15) is 0 Å². The third kappa shape index (κ3) is 4.45. The lowest BCUT2D eigenvalue weighted by atomic mass is 9.86. The molecule has 27 heavy (non-hydrogen) atoms. The van der Waals surface area contributed by atoms with E-state index in [1.165, 1.54) is 17.0 Å². The summed E-state index contributed by atoms with van der Waals surface area (Å²) in [6.07, 6.45) is 0. The second kappa shape index (κ2) is 7.39. The predicted molar refractivity (Wildman–Crippen MR) is 101 cm³/mol. The van der Waals surface area contributed by atoms with E-state index in [2.05, 4.69) is 26.1 Å². The quantitative estimate of drug-likeness (QED) is 0.899. The van der Waals surface area contributed by atoms with E-state index in [1.807, 2.05) is 18.2 Å². The Bertz CT molecular complexity index is 857. The van der Waals surface area contributed by atoms with Crippen LogP contribution >= 0.6 is 0 Å². The molecule has 0 bridgehead atoms. The van der Waals surface area contributed by atoms with Gasteiger partial charge in [0, 0.05) is 6.54 Å². The van der Waals surface area contributed by atoms with E-state index in [0.717, 1.165) is 11.1 Å². The lowest BCUT2D eigenvalue weighted by Crippen LogP contribution is -2.45. The van der Waals surface area contributed by atoms with Crippen molar-refractivity contribution in [1.29, 1.82) is 0 Å². The van der Waals surface area contributed by atoms with Crippen molar-refractivity contribution in [1.82, 2.24) is 5.32 Å². The summed E-state index contributed by atoms with van der Waals surface area (Å²) in [6.45, 7) is 6.39. The number of carbonyl (C=O) groups is 2. The third-order valence-corrected chi connectivity index (χ3v) is 4.47. The maximum absolute atomic E-state index is 12.9. The number of anilines is 1. The van der Waals surface area contributed by atoms with Crippen molar-refractivity contribution in [2.24, 2.45) is 0 Å². The maximum atomic E-state index is 12.9. The first-order valence-electron chi connectivity index (χ1n) is 8.83. The Labute approximate surface area is 158 Å². The predicted octanol–water partition coefficient (Wildman–Crippen LogP) is 3.17. The molecule has 0 atom stereocenters. The molecule has 1 N–H and O–H groups in total. The average molecular weight is 370 g/mol. The molecule has 5 nitrogen and oxygen atoms in total. The third-order valence-electron chi connectivity index (χ3n) is 4.47. The number of amides is 2. The molecule has 0 aromatic heterocycles. The second-order valence-corrected chi connectivity index (χ2v) is 7.60. The highest BCUT2D eigenvalue weighted by atomic mass is 19.1. The van der Waals surface area contributed by atoms with E-state index in [1.54, 1.807) is 12.1 Å². The van der Waals surface area contributed by atoms with E-state index >= 15 is 0 Å². The van der Waals surface area contributed by atoms with Gasteiger partial charge in [0.15, 0.2) is 6.61 Å². The Morgan fingerprint density at radius 2 is 1.89 bits per heavy atom. The molecule has 2 aromatic rings. The van der Waals surface area contributed by atoms with Crippen LogP contribution in [0.25, 0.3) is 0 Å². The van der Waals surface area contributed by atoms with Gasteiger partial charge in [-0.3, -0.25) is 14.5 Å². The van der Waals surface area contributed by atoms with Crippen LogP contribution in [0.2, 0.25) is 0 Å². The Hall–Kier alpha value is -2.89. The van der Waals surface area contributed by atoms with E-state index in [-0.39, 0.29) is 42.7 Å². The first-order valence-corrected chi connectivity index (χ1v) is 8.83. The van der Waals surface area contributed by atoms with Gasteiger partial charge in [0.25, 0.3) is 5.91 Å². The van der Waals surface area contributed by atoms with Crippen molar-refractivity contribution in [3.05, 3.63) is 59.4 Å². The Balaban J connectivity index is 1.70. The fourth-order valence-electron chi connectivity index (χ4n) is 2.85. The van der Waals surface area contributed by atoms with Crippen LogP contribution in [0.15, 0.2) is 42.5 Å². The number of hydrogen-bond donors (Lipinski definition) is 1. The first kappa shape index (κ1) is 18.9. The van der Waals surface area contributed by atoms with Crippen LogP contribution in [-0.4, -0.2) is 25.0 Å². The summed E-state index contributed by atoms with van der Waals surface area (Å²) < 4.78 is 18.5. The van der Waals surface area contributed by atoms with Gasteiger partial charge in [-0.25, -0.2) is 4.39 Å². The van der Waals surface area contributed by atoms with Crippen LogP contribution < -0.4 is 15.0 Å². The Morgan fingerprint density at radius 1 is 1.19 bits per heavy atom. The summed E-state index contributed by atoms with van der Waals surface area (Å²) in [5.41, 5.74) is 2.43. The number of benzene rings is 2. The number of rotatable bonds is 4. The van der Waals surface area contributed by atoms with Gasteiger partial charge >= 0.3 is 0 Å². The number of hydrogen-bond acceptors (Lipinski definition) is 3. The number of nitrogens with one attached hydrogen (secondary N) is 1. The van der Waals surface area contributed by atoms with Gasteiger partial charge in [0.2, 0.25) is 5.91 Å². The van der Waals surface area contributed by atoms with Crippen molar-refractivity contribution in [2.45, 2.75) is 32.7 Å². The molecule has 0 fully saturated rings. The van der Waals surface area contributed by atoms with Crippen LogP contribution in [-0.2, 0) is 21.5 Å². The topological polar surface area (TPSA) is 58.6 Å². The molecule has 0 unspecified atom stereocenters. The number of fused-ring (bicyclic) bond motifs is 1. The molecule has 0 aliphatic carbocycles. The first-order chi connectivity index (χ1) is 12.7. The molecule has 2 aromatic carbocycles. The zero-order chi connectivity index (χ0) is 19.6. The molecule has 0 saturated heterocycles. The van der Waals surface area contributed by atoms with Crippen LogP contribution in [0.3, 0.4) is 0 Å². The van der Waals surface area contributed by atoms with Crippen LogP contribution in [0.5, 0.6) is 5.75 Å². The lowest BCUT2D eigenvalue weighted by molar-refractivity contribution is -0.125. The summed E-state index contributed by atoms with van der Waals surface area (Å²) in [5.74, 6) is -0.271. The molecule has 3 rings (SSSR count). The standard InChI is InChI=1S/C21H23FN2O3/c1-21(2,3)15-6-9-17-18(10-15)27-13-20(26)24(17)12-19(25)23-11-14-4-7-16(22)8-5-14/h4-10H,11-13H2,1-3H3,(H,23,25). The van der Waals surface area contributed by atoms with E-state index in [4.69, 9.17) is 4.74 Å². The van der Waals surface area contributed by atoms with E-state index in [9.17, 15) is 14.0 Å². The highest BCUT2D eigenvalue weighted by Crippen LogP contribution is 2.36. The number of nitrogens with zero attached hydrogens (tertiary/aromatic N) is 1. The summed E-state index contributed by atoms with van der Waals surface area (Å²) in [5, 5.41) is 2.76. The van der Waals surface area contributed by atoms with E-state index in [0.29, 0.717) is 11.4 Å². The molecule has 0 radical (unpaired) electrons. The van der Waals surface area contributed by atoms with Gasteiger partial charge in [0.1, 0.15) is 18.1 Å².